The first-order valence-electron chi connectivity index (χ1n) is 16.4. The summed E-state index contributed by atoms with van der Waals surface area (Å²) < 4.78 is 12.3. The number of hydrogen-bond acceptors (Lipinski definition) is 4. The van der Waals surface area contributed by atoms with Crippen molar-refractivity contribution in [3.05, 3.63) is 65.7 Å². The minimum Gasteiger partial charge on any atom is -0.538 e. The molecule has 226 valence electrons. The molecule has 2 aliphatic carbocycles. The smallest absolute Gasteiger partial charge is 0.330 e. The number of benzene rings is 2. The SMILES string of the molecule is CCOC(=O)/C=C/c1cccc(O[Si](c2cccc(C(C#N)(C3CCCCC3)C3CCCCC3)c2)(C(C)C)C(C)C)c1. The molecule has 0 heterocycles. The number of ether oxygens (including phenoxy) is 1. The molecule has 0 spiro atoms. The third kappa shape index (κ3) is 6.70. The maximum atomic E-state index is 11.9. The molecule has 0 atom stereocenters. The van der Waals surface area contributed by atoms with Crippen LogP contribution in [-0.4, -0.2) is 20.9 Å². The third-order valence-electron chi connectivity index (χ3n) is 10.0. The van der Waals surface area contributed by atoms with Gasteiger partial charge in [0.25, 0.3) is 8.32 Å². The standard InChI is InChI=1S/C37H51NO3Si/c1-6-40-36(39)24-23-30-15-13-21-34(25-30)41-42(28(2)3,29(4)5)35-22-14-20-33(26-35)37(27-38,31-16-9-7-10-17-31)32-18-11-8-12-19-32/h13-15,20-26,28-29,31-32H,6-12,16-19H2,1-5H3/b24-23+. The van der Waals surface area contributed by atoms with Crippen LogP contribution in [0.5, 0.6) is 5.75 Å². The zero-order valence-electron chi connectivity index (χ0n) is 26.5. The Kier molecular flexibility index (Phi) is 11.1. The fourth-order valence-electron chi connectivity index (χ4n) is 8.05. The van der Waals surface area contributed by atoms with Crippen LogP contribution in [0.25, 0.3) is 6.08 Å². The summed E-state index contributed by atoms with van der Waals surface area (Å²) in [4.78, 5) is 11.9. The van der Waals surface area contributed by atoms with Crippen molar-refractivity contribution in [2.24, 2.45) is 11.8 Å². The molecule has 2 aromatic rings. The molecular formula is C37H51NO3Si. The molecule has 2 aliphatic rings. The number of carbonyl (C=O) groups is 1. The number of rotatable bonds is 11. The quantitative estimate of drug-likeness (QED) is 0.150. The van der Waals surface area contributed by atoms with Gasteiger partial charge in [0.05, 0.1) is 18.1 Å². The number of nitriles is 1. The monoisotopic (exact) mass is 585 g/mol. The minimum atomic E-state index is -2.59. The first-order valence-corrected chi connectivity index (χ1v) is 18.5. The molecule has 2 aromatic carbocycles. The predicted molar refractivity (Wildman–Crippen MR) is 175 cm³/mol. The maximum absolute atomic E-state index is 11.9. The largest absolute Gasteiger partial charge is 0.538 e. The summed E-state index contributed by atoms with van der Waals surface area (Å²) in [7, 11) is -2.59. The van der Waals surface area contributed by atoms with Gasteiger partial charge in [0, 0.05) is 6.08 Å². The number of nitrogens with zero attached hydrogens (tertiary/aromatic N) is 1. The lowest BCUT2D eigenvalue weighted by molar-refractivity contribution is -0.137. The van der Waals surface area contributed by atoms with Gasteiger partial charge >= 0.3 is 5.97 Å². The zero-order chi connectivity index (χ0) is 30.2. The van der Waals surface area contributed by atoms with E-state index in [1.165, 1.54) is 55.4 Å². The van der Waals surface area contributed by atoms with Gasteiger partial charge in [-0.2, -0.15) is 5.26 Å². The summed E-state index contributed by atoms with van der Waals surface area (Å²) in [6.45, 7) is 11.3. The topological polar surface area (TPSA) is 59.3 Å². The fourth-order valence-corrected chi connectivity index (χ4v) is 12.6. The van der Waals surface area contributed by atoms with Crippen LogP contribution in [0.3, 0.4) is 0 Å². The summed E-state index contributed by atoms with van der Waals surface area (Å²) >= 11 is 0. The van der Waals surface area contributed by atoms with E-state index in [0.717, 1.165) is 37.0 Å². The molecule has 0 bridgehead atoms. The zero-order valence-corrected chi connectivity index (χ0v) is 27.5. The van der Waals surface area contributed by atoms with E-state index < -0.39 is 13.7 Å². The van der Waals surface area contributed by atoms with E-state index in [9.17, 15) is 10.1 Å². The molecule has 0 N–H and O–H groups in total. The molecule has 0 saturated heterocycles. The van der Waals surface area contributed by atoms with Crippen molar-refractivity contribution >= 4 is 25.5 Å². The van der Waals surface area contributed by atoms with Crippen molar-refractivity contribution in [1.29, 1.82) is 5.26 Å². The van der Waals surface area contributed by atoms with E-state index in [2.05, 4.69) is 58.0 Å². The summed E-state index contributed by atoms with van der Waals surface area (Å²) in [6, 6.07) is 20.2. The Labute approximate surface area is 255 Å². The van der Waals surface area contributed by atoms with E-state index in [1.807, 2.05) is 31.2 Å². The molecule has 0 amide bonds. The lowest BCUT2D eigenvalue weighted by atomic mass is 9.56. The van der Waals surface area contributed by atoms with Crippen molar-refractivity contribution in [1.82, 2.24) is 0 Å². The Balaban J connectivity index is 1.78. The molecule has 0 aromatic heterocycles. The molecule has 4 rings (SSSR count). The third-order valence-corrected chi connectivity index (χ3v) is 15.3. The van der Waals surface area contributed by atoms with Crippen LogP contribution >= 0.6 is 0 Å². The van der Waals surface area contributed by atoms with Gasteiger partial charge in [0.15, 0.2) is 0 Å². The van der Waals surface area contributed by atoms with Gasteiger partial charge in [-0.1, -0.05) is 103 Å². The summed E-state index contributed by atoms with van der Waals surface area (Å²) in [5, 5.41) is 12.4. The Morgan fingerprint density at radius 2 is 1.52 bits per heavy atom. The van der Waals surface area contributed by atoms with Gasteiger partial charge in [0.2, 0.25) is 0 Å². The number of hydrogen-bond donors (Lipinski definition) is 0. The second kappa shape index (κ2) is 14.6. The molecule has 2 saturated carbocycles. The van der Waals surface area contributed by atoms with Crippen LogP contribution in [0.4, 0.5) is 0 Å². The van der Waals surface area contributed by atoms with Gasteiger partial charge in [-0.15, -0.1) is 0 Å². The maximum Gasteiger partial charge on any atom is 0.330 e. The van der Waals surface area contributed by atoms with Crippen molar-refractivity contribution in [3.8, 4) is 11.8 Å². The van der Waals surface area contributed by atoms with Gasteiger partial charge in [-0.25, -0.2) is 4.79 Å². The summed E-state index contributed by atoms with van der Waals surface area (Å²) in [5.41, 5.74) is 2.33. The second-order valence-electron chi connectivity index (χ2n) is 13.1. The summed E-state index contributed by atoms with van der Waals surface area (Å²) in [5.74, 6) is 1.33. The van der Waals surface area contributed by atoms with Crippen LogP contribution in [-0.2, 0) is 14.9 Å². The predicted octanol–water partition coefficient (Wildman–Crippen LogP) is 9.24. The molecule has 5 heteroatoms. The summed E-state index contributed by atoms with van der Waals surface area (Å²) in [6.07, 6.45) is 15.4. The highest BCUT2D eigenvalue weighted by molar-refractivity contribution is 6.89. The lowest BCUT2D eigenvalue weighted by Crippen LogP contribution is -2.59. The first-order chi connectivity index (χ1) is 20.3. The molecule has 0 radical (unpaired) electrons. The van der Waals surface area contributed by atoms with E-state index in [4.69, 9.17) is 9.16 Å². The van der Waals surface area contributed by atoms with Gasteiger partial charge in [-0.05, 0) is 90.0 Å². The van der Waals surface area contributed by atoms with Gasteiger partial charge in [-0.3, -0.25) is 0 Å². The Hall–Kier alpha value is -2.84. The van der Waals surface area contributed by atoms with Crippen LogP contribution in [0, 0.1) is 23.2 Å². The number of esters is 1. The molecule has 2 fully saturated rings. The van der Waals surface area contributed by atoms with Crippen LogP contribution in [0.15, 0.2) is 54.6 Å². The van der Waals surface area contributed by atoms with Crippen LogP contribution in [0.1, 0.15) is 110 Å². The van der Waals surface area contributed by atoms with Crippen molar-refractivity contribution in [2.75, 3.05) is 6.61 Å². The Morgan fingerprint density at radius 3 is 2.07 bits per heavy atom. The van der Waals surface area contributed by atoms with Crippen molar-refractivity contribution in [3.63, 3.8) is 0 Å². The Morgan fingerprint density at radius 1 is 0.929 bits per heavy atom. The van der Waals surface area contributed by atoms with E-state index in [0.29, 0.717) is 29.5 Å². The highest BCUT2D eigenvalue weighted by Crippen LogP contribution is 2.50. The first kappa shape index (κ1) is 32.1. The second-order valence-corrected chi connectivity index (χ2v) is 17.8. The molecule has 0 unspecified atom stereocenters. The average molecular weight is 586 g/mol. The van der Waals surface area contributed by atoms with E-state index in [1.54, 1.807) is 6.08 Å². The average Bonchev–Trinajstić information content (AvgIpc) is 3.01. The van der Waals surface area contributed by atoms with E-state index in [-0.39, 0.29) is 5.97 Å². The molecule has 42 heavy (non-hydrogen) atoms. The minimum absolute atomic E-state index is 0.312. The molecular weight excluding hydrogens is 534 g/mol. The molecule has 0 aliphatic heterocycles. The number of carbonyl (C=O) groups excluding carboxylic acids is 1. The Bertz CT molecular complexity index is 1220. The lowest BCUT2D eigenvalue weighted by Gasteiger charge is -2.46. The van der Waals surface area contributed by atoms with Gasteiger partial charge < -0.3 is 9.16 Å². The van der Waals surface area contributed by atoms with Crippen LogP contribution in [0.2, 0.25) is 11.1 Å². The van der Waals surface area contributed by atoms with Crippen molar-refractivity contribution in [2.45, 2.75) is 115 Å². The molecule has 4 nitrogen and oxygen atoms in total. The fraction of sp³-hybridized carbons (Fsp3) is 0.568. The van der Waals surface area contributed by atoms with Crippen LogP contribution < -0.4 is 9.61 Å². The highest BCUT2D eigenvalue weighted by Gasteiger charge is 2.50. The normalized spacial score (nSPS) is 17.5. The van der Waals surface area contributed by atoms with E-state index >= 15 is 0 Å². The highest BCUT2D eigenvalue weighted by atomic mass is 28.4. The van der Waals surface area contributed by atoms with Crippen molar-refractivity contribution < 1.29 is 14.0 Å². The van der Waals surface area contributed by atoms with Gasteiger partial charge in [0.1, 0.15) is 5.75 Å².